The Morgan fingerprint density at radius 1 is 1.13 bits per heavy atom. The Morgan fingerprint density at radius 3 is 2.65 bits per heavy atom. The molecular weight excluding hydrogens is 363 g/mol. The summed E-state index contributed by atoms with van der Waals surface area (Å²) in [5.41, 5.74) is 0. The molecule has 3 rings (SSSR count). The van der Waals surface area contributed by atoms with Crippen molar-refractivity contribution in [3.63, 3.8) is 0 Å². The summed E-state index contributed by atoms with van der Waals surface area (Å²) in [5.74, 6) is 0.834. The van der Waals surface area contributed by atoms with Crippen molar-refractivity contribution in [2.45, 2.75) is 57.3 Å². The summed E-state index contributed by atoms with van der Waals surface area (Å²) < 4.78 is 31.4. The molecule has 1 saturated carbocycles. The maximum atomic E-state index is 13.5. The van der Waals surface area contributed by atoms with E-state index in [2.05, 4.69) is 15.9 Å². The van der Waals surface area contributed by atoms with E-state index in [9.17, 15) is 4.39 Å². The lowest BCUT2D eigenvalue weighted by Crippen LogP contribution is -2.31. The predicted octanol–water partition coefficient (Wildman–Crippen LogP) is 5.07. The Kier molecular flexibility index (Phi) is 6.31. The molecule has 0 N–H and O–H groups in total. The van der Waals surface area contributed by atoms with E-state index in [0.29, 0.717) is 28.9 Å². The molecule has 1 unspecified atom stereocenters. The maximum Gasteiger partial charge on any atom is 0.157 e. The summed E-state index contributed by atoms with van der Waals surface area (Å²) in [7, 11) is 0. The van der Waals surface area contributed by atoms with Gasteiger partial charge in [-0.1, -0.05) is 0 Å². The number of hydrogen-bond acceptors (Lipinski definition) is 3. The molecule has 1 heterocycles. The molecule has 128 valence electrons. The maximum absolute atomic E-state index is 13.5. The molecule has 1 aromatic carbocycles. The van der Waals surface area contributed by atoms with Gasteiger partial charge in [0.25, 0.3) is 0 Å². The zero-order valence-electron chi connectivity index (χ0n) is 13.3. The van der Waals surface area contributed by atoms with Crippen LogP contribution in [-0.4, -0.2) is 25.6 Å². The van der Waals surface area contributed by atoms with Crippen LogP contribution >= 0.6 is 15.9 Å². The van der Waals surface area contributed by atoms with Crippen LogP contribution < -0.4 is 4.74 Å². The van der Waals surface area contributed by atoms with Gasteiger partial charge in [-0.05, 0) is 78.9 Å². The van der Waals surface area contributed by atoms with E-state index >= 15 is 0 Å². The van der Waals surface area contributed by atoms with Crippen LogP contribution in [0.25, 0.3) is 0 Å². The Labute approximate surface area is 145 Å². The lowest BCUT2D eigenvalue weighted by molar-refractivity contribution is -0.194. The van der Waals surface area contributed by atoms with Gasteiger partial charge in [0.05, 0.1) is 17.2 Å². The second-order valence-corrected chi connectivity index (χ2v) is 7.32. The molecule has 1 aliphatic heterocycles. The van der Waals surface area contributed by atoms with Crippen LogP contribution in [0.3, 0.4) is 0 Å². The molecule has 23 heavy (non-hydrogen) atoms. The Hall–Kier alpha value is -0.650. The highest BCUT2D eigenvalue weighted by atomic mass is 79.9. The molecular formula is C18H24BrFO3. The van der Waals surface area contributed by atoms with Crippen molar-refractivity contribution in [1.29, 1.82) is 0 Å². The van der Waals surface area contributed by atoms with Crippen LogP contribution in [0.4, 0.5) is 4.39 Å². The fourth-order valence-corrected chi connectivity index (χ4v) is 3.50. The van der Waals surface area contributed by atoms with Gasteiger partial charge in [-0.25, -0.2) is 4.39 Å². The molecule has 5 heteroatoms. The van der Waals surface area contributed by atoms with Gasteiger partial charge in [0.2, 0.25) is 0 Å². The summed E-state index contributed by atoms with van der Waals surface area (Å²) in [6, 6.07) is 4.90. The second kappa shape index (κ2) is 8.45. The first-order chi connectivity index (χ1) is 11.2. The number of hydrogen-bond donors (Lipinski definition) is 0. The fourth-order valence-electron chi connectivity index (χ4n) is 3.25. The van der Waals surface area contributed by atoms with E-state index in [-0.39, 0.29) is 12.1 Å². The first kappa shape index (κ1) is 17.2. The van der Waals surface area contributed by atoms with Crippen LogP contribution in [-0.2, 0) is 9.47 Å². The smallest absolute Gasteiger partial charge is 0.157 e. The predicted molar refractivity (Wildman–Crippen MR) is 90.0 cm³/mol. The van der Waals surface area contributed by atoms with Crippen LogP contribution in [0, 0.1) is 11.7 Å². The van der Waals surface area contributed by atoms with Crippen molar-refractivity contribution in [2.24, 2.45) is 5.92 Å². The first-order valence-corrected chi connectivity index (χ1v) is 9.35. The van der Waals surface area contributed by atoms with Crippen LogP contribution in [0.5, 0.6) is 5.75 Å². The van der Waals surface area contributed by atoms with Crippen molar-refractivity contribution < 1.29 is 18.6 Å². The third kappa shape index (κ3) is 5.16. The topological polar surface area (TPSA) is 27.7 Å². The van der Waals surface area contributed by atoms with E-state index in [1.54, 1.807) is 12.1 Å². The molecule has 3 nitrogen and oxygen atoms in total. The van der Waals surface area contributed by atoms with E-state index in [0.717, 1.165) is 45.1 Å². The van der Waals surface area contributed by atoms with Gasteiger partial charge in [0.1, 0.15) is 11.6 Å². The minimum Gasteiger partial charge on any atom is -0.493 e. The Bertz CT molecular complexity index is 497. The Morgan fingerprint density at radius 2 is 1.96 bits per heavy atom. The van der Waals surface area contributed by atoms with Gasteiger partial charge in [0.15, 0.2) is 6.29 Å². The Balaban J connectivity index is 1.37. The molecule has 1 aliphatic carbocycles. The normalized spacial score (nSPS) is 28.5. The van der Waals surface area contributed by atoms with Crippen LogP contribution in [0.2, 0.25) is 0 Å². The lowest BCUT2D eigenvalue weighted by Gasteiger charge is -2.32. The van der Waals surface area contributed by atoms with Crippen molar-refractivity contribution in [3.8, 4) is 5.75 Å². The summed E-state index contributed by atoms with van der Waals surface area (Å²) in [6.45, 7) is 1.48. The van der Waals surface area contributed by atoms with E-state index in [1.165, 1.54) is 12.5 Å². The van der Waals surface area contributed by atoms with E-state index < -0.39 is 0 Å². The third-order valence-electron chi connectivity index (χ3n) is 4.65. The molecule has 2 aliphatic rings. The fraction of sp³-hybridized carbons (Fsp3) is 0.667. The molecule has 0 radical (unpaired) electrons. The quantitative estimate of drug-likeness (QED) is 0.706. The molecule has 1 atom stereocenters. The average molecular weight is 387 g/mol. The van der Waals surface area contributed by atoms with Crippen LogP contribution in [0.1, 0.15) is 44.9 Å². The summed E-state index contributed by atoms with van der Waals surface area (Å²) in [5, 5.41) is 0. The van der Waals surface area contributed by atoms with E-state index in [1.807, 2.05) is 0 Å². The van der Waals surface area contributed by atoms with E-state index in [4.69, 9.17) is 14.2 Å². The molecule has 0 spiro atoms. The molecule has 0 aromatic heterocycles. The molecule has 0 amide bonds. The zero-order chi connectivity index (χ0) is 16.1. The van der Waals surface area contributed by atoms with Gasteiger partial charge in [-0.3, -0.25) is 0 Å². The van der Waals surface area contributed by atoms with Crippen molar-refractivity contribution in [2.75, 3.05) is 13.2 Å². The summed E-state index contributed by atoms with van der Waals surface area (Å²) >= 11 is 3.15. The molecule has 2 fully saturated rings. The highest BCUT2D eigenvalue weighted by Crippen LogP contribution is 2.29. The van der Waals surface area contributed by atoms with Gasteiger partial charge < -0.3 is 14.2 Å². The van der Waals surface area contributed by atoms with Crippen LogP contribution in [0.15, 0.2) is 22.7 Å². The summed E-state index contributed by atoms with van der Waals surface area (Å²) in [6.07, 6.45) is 8.01. The minimum absolute atomic E-state index is 0.00675. The number of benzene rings is 1. The minimum atomic E-state index is -0.285. The van der Waals surface area contributed by atoms with Gasteiger partial charge >= 0.3 is 0 Å². The van der Waals surface area contributed by atoms with Crippen molar-refractivity contribution >= 4 is 15.9 Å². The number of halogens is 2. The lowest BCUT2D eigenvalue weighted by atomic mass is 9.88. The van der Waals surface area contributed by atoms with Gasteiger partial charge in [-0.2, -0.15) is 0 Å². The largest absolute Gasteiger partial charge is 0.493 e. The number of rotatable bonds is 5. The zero-order valence-corrected chi connectivity index (χ0v) is 14.9. The van der Waals surface area contributed by atoms with Gasteiger partial charge in [-0.15, -0.1) is 0 Å². The SMILES string of the molecule is Fc1cc(OC[C@H]2CC[C@H](OC3CCCCO3)CC2)ccc1Br. The van der Waals surface area contributed by atoms with Gasteiger partial charge in [0, 0.05) is 12.7 Å². The third-order valence-corrected chi connectivity index (χ3v) is 5.30. The molecule has 1 aromatic rings. The summed E-state index contributed by atoms with van der Waals surface area (Å²) in [4.78, 5) is 0. The standard InChI is InChI=1S/C18H24BrFO3/c19-16-9-8-15(11-17(16)20)22-12-13-4-6-14(7-5-13)23-18-3-1-2-10-21-18/h8-9,11,13-14,18H,1-7,10,12H2/t13-,14-,18?. The second-order valence-electron chi connectivity index (χ2n) is 6.46. The monoisotopic (exact) mass is 386 g/mol. The first-order valence-electron chi connectivity index (χ1n) is 8.55. The molecule has 1 saturated heterocycles. The van der Waals surface area contributed by atoms with Crippen molar-refractivity contribution in [3.05, 3.63) is 28.5 Å². The van der Waals surface area contributed by atoms with Crippen molar-refractivity contribution in [1.82, 2.24) is 0 Å². The highest BCUT2D eigenvalue weighted by Gasteiger charge is 2.25. The molecule has 0 bridgehead atoms. The highest BCUT2D eigenvalue weighted by molar-refractivity contribution is 9.10. The average Bonchev–Trinajstić information content (AvgIpc) is 2.58. The number of ether oxygens (including phenoxy) is 3.